The van der Waals surface area contributed by atoms with Gasteiger partial charge in [0.05, 0.1) is 8.07 Å². The molecule has 0 unspecified atom stereocenters. The Kier molecular flexibility index (Phi) is 12.2. The summed E-state index contributed by atoms with van der Waals surface area (Å²) in [6.45, 7) is 20.9. The quantitative estimate of drug-likeness (QED) is 0.123. The fraction of sp³-hybridized carbons (Fsp3) is 0.277. The summed E-state index contributed by atoms with van der Waals surface area (Å²) in [5, 5.41) is 4.09. The molecule has 2 nitrogen and oxygen atoms in total. The van der Waals surface area contributed by atoms with E-state index in [-0.39, 0.29) is 30.9 Å². The van der Waals surface area contributed by atoms with Gasteiger partial charge in [0, 0.05) is 37.2 Å². The van der Waals surface area contributed by atoms with Gasteiger partial charge in [-0.2, -0.15) is 11.3 Å². The van der Waals surface area contributed by atoms with E-state index in [1.54, 1.807) is 0 Å². The molecule has 0 saturated carbocycles. The maximum Gasteiger partial charge on any atom is 0.0798 e. The molecule has 7 aromatic rings. The van der Waals surface area contributed by atoms with E-state index in [4.69, 9.17) is 9.97 Å². The average molecular weight is 895 g/mol. The van der Waals surface area contributed by atoms with Gasteiger partial charge in [-0.3, -0.25) is 0 Å². The number of nitrogens with zero attached hydrogens (tertiary/aromatic N) is 2. The number of benzene rings is 4. The Labute approximate surface area is 330 Å². The molecule has 0 spiro atoms. The van der Waals surface area contributed by atoms with E-state index in [1.165, 1.54) is 47.6 Å². The van der Waals surface area contributed by atoms with Crippen LogP contribution in [0.15, 0.2) is 116 Å². The van der Waals surface area contributed by atoms with Gasteiger partial charge in [-0.05, 0) is 73.6 Å². The molecule has 0 atom stereocenters. The van der Waals surface area contributed by atoms with Crippen molar-refractivity contribution in [2.45, 2.75) is 74.0 Å². The van der Waals surface area contributed by atoms with Crippen molar-refractivity contribution < 1.29 is 20.1 Å². The molecule has 5 heteroatoms. The van der Waals surface area contributed by atoms with Crippen molar-refractivity contribution >= 4 is 44.8 Å². The Balaban J connectivity index is 0.000000210. The van der Waals surface area contributed by atoms with Crippen LogP contribution in [0.3, 0.4) is 0 Å². The molecule has 3 aromatic heterocycles. The predicted molar refractivity (Wildman–Crippen MR) is 225 cm³/mol. The zero-order valence-corrected chi connectivity index (χ0v) is 36.2. The second-order valence-electron chi connectivity index (χ2n) is 17.0. The molecule has 269 valence electrons. The molecule has 0 saturated heterocycles. The number of aromatic nitrogens is 2. The number of rotatable bonds is 6. The van der Waals surface area contributed by atoms with Gasteiger partial charge in [0.25, 0.3) is 0 Å². The fourth-order valence-corrected chi connectivity index (χ4v) is 9.57. The van der Waals surface area contributed by atoms with Crippen LogP contribution in [0.5, 0.6) is 0 Å². The van der Waals surface area contributed by atoms with E-state index >= 15 is 0 Å². The molecule has 0 aliphatic rings. The smallest absolute Gasteiger partial charge is 0.0798 e. The molecule has 0 amide bonds. The number of fused-ring (bicyclic) bond motifs is 3. The molecular weight excluding hydrogens is 845 g/mol. The summed E-state index contributed by atoms with van der Waals surface area (Å²) in [6.07, 6.45) is 6.17. The predicted octanol–water partition coefficient (Wildman–Crippen LogP) is 12.9. The molecule has 7 rings (SSSR count). The first kappa shape index (κ1) is 39.5. The van der Waals surface area contributed by atoms with Gasteiger partial charge in [0.2, 0.25) is 0 Å². The first-order valence-electron chi connectivity index (χ1n) is 18.0. The van der Waals surface area contributed by atoms with E-state index in [2.05, 4.69) is 158 Å². The third kappa shape index (κ3) is 9.62. The van der Waals surface area contributed by atoms with Crippen LogP contribution in [-0.4, -0.2) is 18.0 Å². The van der Waals surface area contributed by atoms with Gasteiger partial charge in [0.15, 0.2) is 0 Å². The Morgan fingerprint density at radius 2 is 1.42 bits per heavy atom. The van der Waals surface area contributed by atoms with Crippen LogP contribution in [0, 0.1) is 23.0 Å². The number of hydrogen-bond donors (Lipinski definition) is 0. The van der Waals surface area contributed by atoms with Crippen molar-refractivity contribution in [2.75, 3.05) is 0 Å². The standard InChI is InChI=1S/C28H24NS.C19H26NSi.Ir/c1-28(2,3)18-19-15-16-29-24(17-19)22-12-7-13-23-26-21(20-9-5-4-6-10-20)11-8-14-25(26)30-27(22)23;1-19(2,3)13-16-12-17(15-10-8-7-9-11-15)20-14-18(16)21(4,5)6;/h4-11,13-17H,18H2,1-3H3;7-10,12,14H,13H2,1-6H3;/q2*-1;. The molecular formula is C47H50IrN2SSi-2. The first-order chi connectivity index (χ1) is 24.2. The summed E-state index contributed by atoms with van der Waals surface area (Å²) >= 11 is 1.84. The molecule has 1 radical (unpaired) electrons. The van der Waals surface area contributed by atoms with Gasteiger partial charge >= 0.3 is 0 Å². The van der Waals surface area contributed by atoms with Gasteiger partial charge in [-0.25, -0.2) is 0 Å². The van der Waals surface area contributed by atoms with Crippen molar-refractivity contribution in [2.24, 2.45) is 10.8 Å². The molecule has 52 heavy (non-hydrogen) atoms. The second kappa shape index (κ2) is 16.1. The van der Waals surface area contributed by atoms with Gasteiger partial charge in [-0.15, -0.1) is 59.7 Å². The molecule has 0 aliphatic heterocycles. The van der Waals surface area contributed by atoms with E-state index in [0.717, 1.165) is 35.4 Å². The van der Waals surface area contributed by atoms with E-state index < -0.39 is 8.07 Å². The maximum absolute atomic E-state index is 4.72. The Bertz CT molecular complexity index is 2260. The van der Waals surface area contributed by atoms with E-state index in [0.29, 0.717) is 0 Å². The third-order valence-corrected chi connectivity index (χ3v) is 12.1. The Hall–Kier alpha value is -3.73. The maximum atomic E-state index is 4.72. The monoisotopic (exact) mass is 895 g/mol. The van der Waals surface area contributed by atoms with E-state index in [9.17, 15) is 0 Å². The summed E-state index contributed by atoms with van der Waals surface area (Å²) in [5.74, 6) is 0. The summed E-state index contributed by atoms with van der Waals surface area (Å²) in [7, 11) is -1.37. The first-order valence-corrected chi connectivity index (χ1v) is 22.3. The van der Waals surface area contributed by atoms with Gasteiger partial charge < -0.3 is 9.97 Å². The molecule has 3 heterocycles. The normalized spacial score (nSPS) is 11.9. The third-order valence-electron chi connectivity index (χ3n) is 8.86. The Morgan fingerprint density at radius 1 is 0.692 bits per heavy atom. The minimum absolute atomic E-state index is 0. The van der Waals surface area contributed by atoms with Gasteiger partial charge in [0.1, 0.15) is 0 Å². The van der Waals surface area contributed by atoms with Crippen LogP contribution >= 0.6 is 11.3 Å². The topological polar surface area (TPSA) is 25.8 Å². The molecule has 0 fully saturated rings. The largest absolute Gasteiger partial charge is 0.305 e. The summed E-state index contributed by atoms with van der Waals surface area (Å²) in [6, 6.07) is 43.0. The van der Waals surface area contributed by atoms with Crippen molar-refractivity contribution in [3.63, 3.8) is 0 Å². The van der Waals surface area contributed by atoms with Crippen LogP contribution < -0.4 is 5.19 Å². The van der Waals surface area contributed by atoms with Crippen molar-refractivity contribution in [1.82, 2.24) is 9.97 Å². The van der Waals surface area contributed by atoms with Crippen molar-refractivity contribution in [3.05, 3.63) is 139 Å². The number of pyridine rings is 2. The minimum Gasteiger partial charge on any atom is -0.305 e. The molecule has 0 bridgehead atoms. The van der Waals surface area contributed by atoms with Gasteiger partial charge in [-0.1, -0.05) is 132 Å². The zero-order chi connectivity index (χ0) is 36.4. The summed E-state index contributed by atoms with van der Waals surface area (Å²) < 4.78 is 2.56. The van der Waals surface area contributed by atoms with Crippen molar-refractivity contribution in [3.8, 4) is 33.6 Å². The van der Waals surface area contributed by atoms with E-state index in [1.807, 2.05) is 41.8 Å². The second-order valence-corrected chi connectivity index (χ2v) is 23.1. The van der Waals surface area contributed by atoms with Crippen molar-refractivity contribution in [1.29, 1.82) is 0 Å². The minimum atomic E-state index is -1.37. The van der Waals surface area contributed by atoms with Crippen LogP contribution in [0.25, 0.3) is 53.8 Å². The average Bonchev–Trinajstić information content (AvgIpc) is 3.47. The summed E-state index contributed by atoms with van der Waals surface area (Å²) in [4.78, 5) is 9.43. The molecule has 0 aliphatic carbocycles. The molecule has 4 aromatic carbocycles. The van der Waals surface area contributed by atoms with Crippen LogP contribution in [0.1, 0.15) is 52.7 Å². The van der Waals surface area contributed by atoms with Crippen LogP contribution in [-0.2, 0) is 32.9 Å². The summed E-state index contributed by atoms with van der Waals surface area (Å²) in [5.41, 5.74) is 10.1. The number of hydrogen-bond acceptors (Lipinski definition) is 3. The zero-order valence-electron chi connectivity index (χ0n) is 32.0. The Morgan fingerprint density at radius 3 is 2.10 bits per heavy atom. The molecule has 0 N–H and O–H groups in total. The number of thiophene rings is 1. The van der Waals surface area contributed by atoms with Crippen LogP contribution in [0.4, 0.5) is 0 Å². The fourth-order valence-electron chi connectivity index (χ4n) is 6.76. The SMILES string of the molecule is CC(C)(C)Cc1cc(-c2[c-]cccc2)ncc1[Si](C)(C)C.CC(C)(C)Cc1ccnc(-c2[c-]ccc3c2sc2cccc(-c4ccccc4)c23)c1.[Ir]. The van der Waals surface area contributed by atoms with Crippen LogP contribution in [0.2, 0.25) is 19.6 Å².